The molecule has 2 heterocycles. The highest BCUT2D eigenvalue weighted by Crippen LogP contribution is 2.18. The Balaban J connectivity index is 1.65. The van der Waals surface area contributed by atoms with E-state index >= 15 is 0 Å². The molecule has 0 radical (unpaired) electrons. The predicted molar refractivity (Wildman–Crippen MR) is 85.6 cm³/mol. The number of halogens is 1. The van der Waals surface area contributed by atoms with Gasteiger partial charge >= 0.3 is 0 Å². The lowest BCUT2D eigenvalue weighted by atomic mass is 10.1. The molecule has 1 aromatic carbocycles. The van der Waals surface area contributed by atoms with Gasteiger partial charge in [-0.05, 0) is 29.8 Å². The third-order valence-corrected chi connectivity index (χ3v) is 3.36. The summed E-state index contributed by atoms with van der Waals surface area (Å²) in [6.45, 7) is 0. The minimum Gasteiger partial charge on any atom is -0.311 e. The number of H-pyrrole nitrogens is 1. The summed E-state index contributed by atoms with van der Waals surface area (Å²) in [5.41, 5.74) is 2.59. The number of aromatic amines is 1. The van der Waals surface area contributed by atoms with Gasteiger partial charge in [-0.25, -0.2) is 0 Å². The van der Waals surface area contributed by atoms with Crippen molar-refractivity contribution >= 4 is 23.3 Å². The SMILES string of the molecule is O=C(Cc1ccc(Cl)cc1)Nc1cc(-c2ccncc2)n[nH]1. The third-order valence-electron chi connectivity index (χ3n) is 3.11. The number of rotatable bonds is 4. The Hall–Kier alpha value is -2.66. The van der Waals surface area contributed by atoms with Crippen molar-refractivity contribution in [2.75, 3.05) is 5.32 Å². The van der Waals surface area contributed by atoms with Gasteiger partial charge in [0.05, 0.1) is 12.1 Å². The number of aromatic nitrogens is 3. The molecule has 110 valence electrons. The van der Waals surface area contributed by atoms with Crippen LogP contribution >= 0.6 is 11.6 Å². The second-order valence-electron chi connectivity index (χ2n) is 4.75. The van der Waals surface area contributed by atoms with Gasteiger partial charge in [0.1, 0.15) is 5.82 Å². The van der Waals surface area contributed by atoms with Crippen LogP contribution in [0.4, 0.5) is 5.82 Å². The summed E-state index contributed by atoms with van der Waals surface area (Å²) in [5.74, 6) is 0.443. The molecule has 5 nitrogen and oxygen atoms in total. The lowest BCUT2D eigenvalue weighted by molar-refractivity contribution is -0.115. The lowest BCUT2D eigenvalue weighted by Gasteiger charge is -2.02. The number of carbonyl (C=O) groups is 1. The molecule has 0 aliphatic heterocycles. The summed E-state index contributed by atoms with van der Waals surface area (Å²) < 4.78 is 0. The first-order valence-corrected chi connectivity index (χ1v) is 7.08. The van der Waals surface area contributed by atoms with E-state index in [1.807, 2.05) is 24.3 Å². The average Bonchev–Trinajstić information content (AvgIpc) is 2.99. The van der Waals surface area contributed by atoms with Gasteiger partial charge in [-0.3, -0.25) is 14.9 Å². The van der Waals surface area contributed by atoms with E-state index in [-0.39, 0.29) is 12.3 Å². The second kappa shape index (κ2) is 6.41. The van der Waals surface area contributed by atoms with Crippen LogP contribution in [0.2, 0.25) is 5.02 Å². The molecular formula is C16H13ClN4O. The Labute approximate surface area is 132 Å². The molecular weight excluding hydrogens is 300 g/mol. The standard InChI is InChI=1S/C16H13ClN4O/c17-13-3-1-11(2-4-13)9-16(22)19-15-10-14(20-21-15)12-5-7-18-8-6-12/h1-8,10H,9H2,(H2,19,20,21,22). The van der Waals surface area contributed by atoms with Crippen LogP contribution in [-0.2, 0) is 11.2 Å². The Kier molecular flexibility index (Phi) is 4.16. The van der Waals surface area contributed by atoms with Crippen LogP contribution in [0.25, 0.3) is 11.3 Å². The van der Waals surface area contributed by atoms with Gasteiger partial charge in [-0.15, -0.1) is 0 Å². The molecule has 6 heteroatoms. The lowest BCUT2D eigenvalue weighted by Crippen LogP contribution is -2.14. The smallest absolute Gasteiger partial charge is 0.229 e. The zero-order chi connectivity index (χ0) is 15.4. The zero-order valence-corrected chi connectivity index (χ0v) is 12.3. The summed E-state index contributed by atoms with van der Waals surface area (Å²) in [7, 11) is 0. The third kappa shape index (κ3) is 3.51. The molecule has 22 heavy (non-hydrogen) atoms. The molecule has 2 N–H and O–H groups in total. The van der Waals surface area contributed by atoms with Crippen LogP contribution in [0.1, 0.15) is 5.56 Å². The van der Waals surface area contributed by atoms with Crippen LogP contribution < -0.4 is 5.32 Å². The normalized spacial score (nSPS) is 10.4. The van der Waals surface area contributed by atoms with E-state index in [1.165, 1.54) is 0 Å². The van der Waals surface area contributed by atoms with Crippen LogP contribution in [0.5, 0.6) is 0 Å². The molecule has 1 amide bonds. The summed E-state index contributed by atoms with van der Waals surface area (Å²) in [4.78, 5) is 16.0. The molecule has 0 spiro atoms. The quantitative estimate of drug-likeness (QED) is 0.776. The molecule has 0 unspecified atom stereocenters. The Bertz CT molecular complexity index is 768. The number of amides is 1. The molecule has 0 bridgehead atoms. The number of nitrogens with zero attached hydrogens (tertiary/aromatic N) is 2. The van der Waals surface area contributed by atoms with Crippen molar-refractivity contribution in [3.63, 3.8) is 0 Å². The predicted octanol–water partition coefficient (Wildman–Crippen LogP) is 3.31. The van der Waals surface area contributed by atoms with Gasteiger partial charge in [0, 0.05) is 29.0 Å². The van der Waals surface area contributed by atoms with Gasteiger partial charge in [0.25, 0.3) is 0 Å². The number of hydrogen-bond donors (Lipinski definition) is 2. The maximum Gasteiger partial charge on any atom is 0.229 e. The van der Waals surface area contributed by atoms with Gasteiger partial charge in [0.2, 0.25) is 5.91 Å². The highest BCUT2D eigenvalue weighted by atomic mass is 35.5. The van der Waals surface area contributed by atoms with Crippen molar-refractivity contribution in [2.24, 2.45) is 0 Å². The Morgan fingerprint density at radius 1 is 1.14 bits per heavy atom. The Morgan fingerprint density at radius 3 is 2.59 bits per heavy atom. The number of carbonyl (C=O) groups excluding carboxylic acids is 1. The van der Waals surface area contributed by atoms with Gasteiger partial charge < -0.3 is 5.32 Å². The van der Waals surface area contributed by atoms with Gasteiger partial charge in [-0.2, -0.15) is 5.10 Å². The van der Waals surface area contributed by atoms with E-state index in [0.717, 1.165) is 16.8 Å². The number of hydrogen-bond acceptors (Lipinski definition) is 3. The largest absolute Gasteiger partial charge is 0.311 e. The number of nitrogens with one attached hydrogen (secondary N) is 2. The van der Waals surface area contributed by atoms with Crippen LogP contribution in [-0.4, -0.2) is 21.1 Å². The van der Waals surface area contributed by atoms with Crippen LogP contribution in [0.3, 0.4) is 0 Å². The summed E-state index contributed by atoms with van der Waals surface area (Å²) in [5, 5.41) is 10.4. The van der Waals surface area contributed by atoms with Crippen molar-refractivity contribution in [1.29, 1.82) is 0 Å². The average molecular weight is 313 g/mol. The highest BCUT2D eigenvalue weighted by molar-refractivity contribution is 6.30. The van der Waals surface area contributed by atoms with E-state index in [2.05, 4.69) is 20.5 Å². The first-order chi connectivity index (χ1) is 10.7. The number of anilines is 1. The highest BCUT2D eigenvalue weighted by Gasteiger charge is 2.08. The monoisotopic (exact) mass is 312 g/mol. The molecule has 0 atom stereocenters. The minimum absolute atomic E-state index is 0.118. The maximum atomic E-state index is 12.0. The van der Waals surface area contributed by atoms with E-state index in [4.69, 9.17) is 11.6 Å². The van der Waals surface area contributed by atoms with Gasteiger partial charge in [0.15, 0.2) is 0 Å². The van der Waals surface area contributed by atoms with Crippen molar-refractivity contribution < 1.29 is 4.79 Å². The van der Waals surface area contributed by atoms with Crippen molar-refractivity contribution in [1.82, 2.24) is 15.2 Å². The van der Waals surface area contributed by atoms with E-state index in [0.29, 0.717) is 10.8 Å². The summed E-state index contributed by atoms with van der Waals surface area (Å²) in [6, 6.07) is 12.7. The number of pyridine rings is 1. The molecule has 0 aliphatic carbocycles. The summed E-state index contributed by atoms with van der Waals surface area (Å²) in [6.07, 6.45) is 3.67. The van der Waals surface area contributed by atoms with Crippen molar-refractivity contribution in [3.8, 4) is 11.3 Å². The van der Waals surface area contributed by atoms with E-state index in [1.54, 1.807) is 30.6 Å². The fraction of sp³-hybridized carbons (Fsp3) is 0.0625. The second-order valence-corrected chi connectivity index (χ2v) is 5.19. The minimum atomic E-state index is -0.118. The molecule has 0 saturated carbocycles. The fourth-order valence-corrected chi connectivity index (χ4v) is 2.16. The molecule has 0 aliphatic rings. The first kappa shape index (κ1) is 14.3. The van der Waals surface area contributed by atoms with E-state index in [9.17, 15) is 4.79 Å². The zero-order valence-electron chi connectivity index (χ0n) is 11.6. The topological polar surface area (TPSA) is 70.7 Å². The molecule has 3 rings (SSSR count). The molecule has 3 aromatic rings. The molecule has 0 saturated heterocycles. The summed E-state index contributed by atoms with van der Waals surface area (Å²) >= 11 is 5.82. The first-order valence-electron chi connectivity index (χ1n) is 6.71. The maximum absolute atomic E-state index is 12.0. The molecule has 0 fully saturated rings. The van der Waals surface area contributed by atoms with Crippen LogP contribution in [0.15, 0.2) is 54.9 Å². The van der Waals surface area contributed by atoms with Gasteiger partial charge in [-0.1, -0.05) is 23.7 Å². The molecule has 2 aromatic heterocycles. The van der Waals surface area contributed by atoms with Crippen molar-refractivity contribution in [2.45, 2.75) is 6.42 Å². The Morgan fingerprint density at radius 2 is 1.86 bits per heavy atom. The van der Waals surface area contributed by atoms with Crippen LogP contribution in [0, 0.1) is 0 Å². The fourth-order valence-electron chi connectivity index (χ4n) is 2.04. The number of benzene rings is 1. The van der Waals surface area contributed by atoms with Crippen molar-refractivity contribution in [3.05, 3.63) is 65.4 Å². The van der Waals surface area contributed by atoms with E-state index < -0.39 is 0 Å².